The Morgan fingerprint density at radius 2 is 1.79 bits per heavy atom. The predicted molar refractivity (Wildman–Crippen MR) is 132 cm³/mol. The average Bonchev–Trinajstić information content (AvgIpc) is 3.20. The van der Waals surface area contributed by atoms with Crippen molar-refractivity contribution in [1.29, 1.82) is 0 Å². The Bertz CT molecular complexity index is 1310. The maximum atomic E-state index is 12.8. The molecule has 5 rings (SSSR count). The largest absolute Gasteiger partial charge is 0.494 e. The van der Waals surface area contributed by atoms with E-state index < -0.39 is 0 Å². The number of aryl methyl sites for hydroxylation is 1. The number of fused-ring (bicyclic) bond motifs is 3. The third-order valence-corrected chi connectivity index (χ3v) is 6.84. The summed E-state index contributed by atoms with van der Waals surface area (Å²) in [5, 5.41) is 2.06. The Kier molecular flexibility index (Phi) is 6.05. The molecule has 0 aliphatic heterocycles. The summed E-state index contributed by atoms with van der Waals surface area (Å²) in [5.41, 5.74) is 6.36. The molecule has 1 heterocycles. The predicted octanol–water partition coefficient (Wildman–Crippen LogP) is 7.00. The molecule has 4 aromatic rings. The summed E-state index contributed by atoms with van der Waals surface area (Å²) in [4.78, 5) is 16.3. The Morgan fingerprint density at radius 1 is 1.03 bits per heavy atom. The highest BCUT2D eigenvalue weighted by Crippen LogP contribution is 2.39. The van der Waals surface area contributed by atoms with Crippen LogP contribution in [0.4, 0.5) is 0 Å². The van der Waals surface area contributed by atoms with Crippen LogP contribution in [0.15, 0.2) is 60.7 Å². The molecule has 6 heteroatoms. The van der Waals surface area contributed by atoms with Gasteiger partial charge in [0.05, 0.1) is 23.1 Å². The van der Waals surface area contributed by atoms with Gasteiger partial charge in [0.2, 0.25) is 0 Å². The lowest BCUT2D eigenvalue weighted by Gasteiger charge is -2.21. The number of aromatic nitrogens is 1. The number of hydrogen-bond acceptors (Lipinski definition) is 3. The first-order valence-corrected chi connectivity index (χ1v) is 11.7. The van der Waals surface area contributed by atoms with Crippen molar-refractivity contribution in [3.05, 3.63) is 87.5 Å². The number of halogens is 2. The zero-order chi connectivity index (χ0) is 22.9. The number of nitrogens with one attached hydrogen (secondary N) is 1. The van der Waals surface area contributed by atoms with E-state index in [1.165, 1.54) is 11.3 Å². The van der Waals surface area contributed by atoms with Gasteiger partial charge >= 0.3 is 5.97 Å². The second kappa shape index (κ2) is 9.12. The number of rotatable bonds is 5. The number of benzene rings is 3. The lowest BCUT2D eigenvalue weighted by molar-refractivity contribution is -0.150. The minimum absolute atomic E-state index is 0.135. The fourth-order valence-corrected chi connectivity index (χ4v) is 5.21. The van der Waals surface area contributed by atoms with Crippen LogP contribution in [0.25, 0.3) is 22.0 Å². The van der Waals surface area contributed by atoms with Crippen molar-refractivity contribution in [3.63, 3.8) is 0 Å². The second-order valence-corrected chi connectivity index (χ2v) is 9.16. The van der Waals surface area contributed by atoms with Crippen LogP contribution < -0.4 is 4.74 Å². The molecule has 33 heavy (non-hydrogen) atoms. The standard InChI is InChI=1S/C27H23Cl2NO3/c1-32-26-22(28)13-19(14-23(26)29)17-7-9-24-20(11-17)21-12-18(8-10-25(21)30-24)27(31)33-15-16-5-3-2-4-6-16/h2-7,9,11,13-14,18,30H,8,10,12,15H2,1H3. The highest BCUT2D eigenvalue weighted by molar-refractivity contribution is 6.37. The first-order valence-electron chi connectivity index (χ1n) is 10.9. The van der Waals surface area contributed by atoms with Crippen LogP contribution >= 0.6 is 23.2 Å². The Labute approximate surface area is 202 Å². The molecule has 3 aromatic carbocycles. The number of carbonyl (C=O) groups is 1. The normalized spacial score (nSPS) is 15.3. The van der Waals surface area contributed by atoms with Crippen molar-refractivity contribution >= 4 is 40.1 Å². The number of ether oxygens (including phenoxy) is 2. The molecular formula is C27H23Cl2NO3. The van der Waals surface area contributed by atoms with Gasteiger partial charge in [0.1, 0.15) is 6.61 Å². The summed E-state index contributed by atoms with van der Waals surface area (Å²) >= 11 is 12.7. The number of esters is 1. The van der Waals surface area contributed by atoms with Crippen LogP contribution in [0.5, 0.6) is 5.75 Å². The highest BCUT2D eigenvalue weighted by Gasteiger charge is 2.28. The quantitative estimate of drug-likeness (QED) is 0.313. The minimum atomic E-state index is -0.145. The molecule has 0 amide bonds. The van der Waals surface area contributed by atoms with Crippen molar-refractivity contribution in [2.24, 2.45) is 5.92 Å². The first kappa shape index (κ1) is 21.9. The van der Waals surface area contributed by atoms with Crippen molar-refractivity contribution in [2.75, 3.05) is 7.11 Å². The summed E-state index contributed by atoms with van der Waals surface area (Å²) < 4.78 is 10.9. The Morgan fingerprint density at radius 3 is 2.52 bits per heavy atom. The fraction of sp³-hybridized carbons (Fsp3) is 0.222. The van der Waals surface area contributed by atoms with Gasteiger partial charge in [-0.1, -0.05) is 59.6 Å². The van der Waals surface area contributed by atoms with Crippen molar-refractivity contribution in [2.45, 2.75) is 25.9 Å². The van der Waals surface area contributed by atoms with E-state index in [-0.39, 0.29) is 11.9 Å². The van der Waals surface area contributed by atoms with Gasteiger partial charge in [-0.15, -0.1) is 0 Å². The zero-order valence-corrected chi connectivity index (χ0v) is 19.7. The number of H-pyrrole nitrogens is 1. The second-order valence-electron chi connectivity index (χ2n) is 8.35. The van der Waals surface area contributed by atoms with Crippen LogP contribution in [0.3, 0.4) is 0 Å². The van der Waals surface area contributed by atoms with Crippen molar-refractivity contribution < 1.29 is 14.3 Å². The third kappa shape index (κ3) is 4.33. The minimum Gasteiger partial charge on any atom is -0.494 e. The summed E-state index contributed by atoms with van der Waals surface area (Å²) in [5.74, 6) is 0.191. The molecule has 0 bridgehead atoms. The van der Waals surface area contributed by atoms with E-state index >= 15 is 0 Å². The van der Waals surface area contributed by atoms with Gasteiger partial charge in [-0.05, 0) is 65.8 Å². The molecule has 1 aliphatic carbocycles. The number of carbonyl (C=O) groups excluding carboxylic acids is 1. The van der Waals surface area contributed by atoms with E-state index in [2.05, 4.69) is 17.1 Å². The molecule has 1 aliphatic rings. The molecule has 168 valence electrons. The maximum Gasteiger partial charge on any atom is 0.309 e. The van der Waals surface area contributed by atoms with Gasteiger partial charge in [0.25, 0.3) is 0 Å². The molecule has 0 saturated carbocycles. The molecule has 1 aromatic heterocycles. The SMILES string of the molecule is COc1c(Cl)cc(-c2ccc3[nH]c4c(c3c2)CC(C(=O)OCc2ccccc2)CC4)cc1Cl. The summed E-state index contributed by atoms with van der Waals surface area (Å²) in [6.45, 7) is 0.306. The van der Waals surface area contributed by atoms with Crippen LogP contribution in [-0.2, 0) is 29.0 Å². The molecule has 1 N–H and O–H groups in total. The number of hydrogen-bond donors (Lipinski definition) is 1. The lowest BCUT2D eigenvalue weighted by atomic mass is 9.86. The van der Waals surface area contributed by atoms with Crippen molar-refractivity contribution in [3.8, 4) is 16.9 Å². The summed E-state index contributed by atoms with van der Waals surface area (Å²) in [6.07, 6.45) is 2.27. The molecule has 0 saturated heterocycles. The van der Waals surface area contributed by atoms with Crippen molar-refractivity contribution in [1.82, 2.24) is 4.98 Å². The third-order valence-electron chi connectivity index (χ3n) is 6.28. The van der Waals surface area contributed by atoms with Gasteiger partial charge in [0, 0.05) is 16.6 Å². The Balaban J connectivity index is 1.40. The van der Waals surface area contributed by atoms with E-state index in [4.69, 9.17) is 32.7 Å². The topological polar surface area (TPSA) is 51.3 Å². The molecule has 4 nitrogen and oxygen atoms in total. The molecular weight excluding hydrogens is 457 g/mol. The summed E-state index contributed by atoms with van der Waals surface area (Å²) in [6, 6.07) is 19.7. The van der Waals surface area contributed by atoms with Gasteiger partial charge < -0.3 is 14.5 Å². The molecule has 1 unspecified atom stereocenters. The number of aromatic amines is 1. The molecule has 0 fully saturated rings. The zero-order valence-electron chi connectivity index (χ0n) is 18.2. The van der Waals surface area contributed by atoms with Crippen LogP contribution in [0, 0.1) is 5.92 Å². The first-order chi connectivity index (χ1) is 16.0. The van der Waals surface area contributed by atoms with Crippen LogP contribution in [0.1, 0.15) is 23.2 Å². The van der Waals surface area contributed by atoms with E-state index in [0.717, 1.165) is 40.4 Å². The molecule has 0 spiro atoms. The Hall–Kier alpha value is -2.95. The van der Waals surface area contributed by atoms with Gasteiger partial charge in [-0.25, -0.2) is 0 Å². The molecule has 0 radical (unpaired) electrons. The fourth-order valence-electron chi connectivity index (χ4n) is 4.57. The van der Waals surface area contributed by atoms with E-state index in [0.29, 0.717) is 28.8 Å². The van der Waals surface area contributed by atoms with E-state index in [1.807, 2.05) is 48.5 Å². The average molecular weight is 480 g/mol. The number of methoxy groups -OCH3 is 1. The van der Waals surface area contributed by atoms with Crippen LogP contribution in [-0.4, -0.2) is 18.1 Å². The van der Waals surface area contributed by atoms with Gasteiger partial charge in [0.15, 0.2) is 5.75 Å². The summed E-state index contributed by atoms with van der Waals surface area (Å²) in [7, 11) is 1.55. The molecule has 1 atom stereocenters. The highest BCUT2D eigenvalue weighted by atomic mass is 35.5. The van der Waals surface area contributed by atoms with Crippen LogP contribution in [0.2, 0.25) is 10.0 Å². The van der Waals surface area contributed by atoms with E-state index in [1.54, 1.807) is 7.11 Å². The monoisotopic (exact) mass is 479 g/mol. The van der Waals surface area contributed by atoms with E-state index in [9.17, 15) is 4.79 Å². The smallest absolute Gasteiger partial charge is 0.309 e. The lowest BCUT2D eigenvalue weighted by Crippen LogP contribution is -2.24. The maximum absolute atomic E-state index is 12.8. The van der Waals surface area contributed by atoms with Gasteiger partial charge in [-0.3, -0.25) is 4.79 Å². The van der Waals surface area contributed by atoms with Gasteiger partial charge in [-0.2, -0.15) is 0 Å².